The molecule has 3 aromatic rings. The van der Waals surface area contributed by atoms with Gasteiger partial charge in [-0.3, -0.25) is 0 Å². The van der Waals surface area contributed by atoms with E-state index in [1.807, 2.05) is 32.0 Å². The van der Waals surface area contributed by atoms with Crippen molar-refractivity contribution in [2.24, 2.45) is 5.92 Å². The number of ether oxygens (including phenoxy) is 1. The Morgan fingerprint density at radius 1 is 1.29 bits per heavy atom. The van der Waals surface area contributed by atoms with Gasteiger partial charge in [0, 0.05) is 45.2 Å². The summed E-state index contributed by atoms with van der Waals surface area (Å²) in [4.78, 5) is 16.3. The fourth-order valence-electron chi connectivity index (χ4n) is 4.82. The first-order chi connectivity index (χ1) is 16.2. The summed E-state index contributed by atoms with van der Waals surface area (Å²) >= 11 is 7.92. The van der Waals surface area contributed by atoms with Crippen LogP contribution in [0.2, 0.25) is 5.02 Å². The fourth-order valence-corrected chi connectivity index (χ4v) is 6.19. The molecule has 5 nitrogen and oxygen atoms in total. The number of carbonyl (C=O) groups excluding carboxylic acids is 1. The molecule has 1 aromatic heterocycles. The standard InChI is InChI=1S/C27H33ClN2O3S/c1-17-25(21-9-8-20(28)13-24(21)34-17)19-7-10-23(22(12-19)26(31)33-4)30-11-5-6-18(15-30)14-29-16-27(2,3)32/h7-10,12-13,18,29,32H,5-6,11,14-16H2,1-4H3/t18-/m1/s1. The molecule has 1 fully saturated rings. The summed E-state index contributed by atoms with van der Waals surface area (Å²) in [6.07, 6.45) is 2.19. The van der Waals surface area contributed by atoms with Crippen LogP contribution in [0.1, 0.15) is 41.9 Å². The van der Waals surface area contributed by atoms with E-state index < -0.39 is 5.60 Å². The van der Waals surface area contributed by atoms with Crippen molar-refractivity contribution in [1.82, 2.24) is 5.32 Å². The van der Waals surface area contributed by atoms with Gasteiger partial charge in [-0.1, -0.05) is 23.7 Å². The summed E-state index contributed by atoms with van der Waals surface area (Å²) in [5.41, 5.74) is 2.94. The number of carbonyl (C=O) groups is 1. The number of benzene rings is 2. The van der Waals surface area contributed by atoms with Gasteiger partial charge < -0.3 is 20.1 Å². The average molecular weight is 501 g/mol. The highest BCUT2D eigenvalue weighted by Gasteiger charge is 2.25. The molecule has 1 atom stereocenters. The molecule has 2 aromatic carbocycles. The van der Waals surface area contributed by atoms with Crippen LogP contribution in [0, 0.1) is 12.8 Å². The van der Waals surface area contributed by atoms with Gasteiger partial charge in [0.2, 0.25) is 0 Å². The van der Waals surface area contributed by atoms with Crippen LogP contribution in [-0.2, 0) is 4.74 Å². The maximum atomic E-state index is 12.9. The molecule has 0 amide bonds. The lowest BCUT2D eigenvalue weighted by Gasteiger charge is -2.36. The quantitative estimate of drug-likeness (QED) is 0.396. The van der Waals surface area contributed by atoms with Gasteiger partial charge in [0.25, 0.3) is 0 Å². The zero-order valence-corrected chi connectivity index (χ0v) is 21.9. The average Bonchev–Trinajstić information content (AvgIpc) is 3.12. The number of nitrogens with zero attached hydrogens (tertiary/aromatic N) is 1. The fraction of sp³-hybridized carbons (Fsp3) is 0.444. The molecule has 34 heavy (non-hydrogen) atoms. The van der Waals surface area contributed by atoms with Crippen molar-refractivity contribution in [2.75, 3.05) is 38.2 Å². The third-order valence-corrected chi connectivity index (χ3v) is 7.67. The molecule has 0 bridgehead atoms. The first-order valence-electron chi connectivity index (χ1n) is 11.8. The molecule has 0 radical (unpaired) electrons. The van der Waals surface area contributed by atoms with E-state index in [0.717, 1.165) is 64.4 Å². The summed E-state index contributed by atoms with van der Waals surface area (Å²) in [7, 11) is 1.44. The number of fused-ring (bicyclic) bond motifs is 1. The Bertz CT molecular complexity index is 1180. The first-order valence-corrected chi connectivity index (χ1v) is 12.9. The summed E-state index contributed by atoms with van der Waals surface area (Å²) < 4.78 is 6.32. The molecular weight excluding hydrogens is 468 g/mol. The number of nitrogens with one attached hydrogen (secondary N) is 1. The van der Waals surface area contributed by atoms with E-state index >= 15 is 0 Å². The van der Waals surface area contributed by atoms with Crippen LogP contribution in [-0.4, -0.2) is 50.0 Å². The number of aryl methyl sites for hydroxylation is 1. The summed E-state index contributed by atoms with van der Waals surface area (Å²) in [6, 6.07) is 12.1. The lowest BCUT2D eigenvalue weighted by atomic mass is 9.95. The number of hydrogen-bond acceptors (Lipinski definition) is 6. The molecule has 7 heteroatoms. The Balaban J connectivity index is 1.63. The molecule has 4 rings (SSSR count). The molecule has 1 aliphatic rings. The van der Waals surface area contributed by atoms with Crippen LogP contribution in [0.5, 0.6) is 0 Å². The monoisotopic (exact) mass is 500 g/mol. The lowest BCUT2D eigenvalue weighted by molar-refractivity contribution is 0.0601. The molecule has 0 spiro atoms. The van der Waals surface area contributed by atoms with Crippen LogP contribution < -0.4 is 10.2 Å². The van der Waals surface area contributed by atoms with Crippen molar-refractivity contribution >= 4 is 44.7 Å². The smallest absolute Gasteiger partial charge is 0.339 e. The van der Waals surface area contributed by atoms with Crippen LogP contribution in [0.15, 0.2) is 36.4 Å². The van der Waals surface area contributed by atoms with Crippen molar-refractivity contribution in [2.45, 2.75) is 39.2 Å². The van der Waals surface area contributed by atoms with Crippen LogP contribution in [0.3, 0.4) is 0 Å². The zero-order valence-electron chi connectivity index (χ0n) is 20.3. The minimum absolute atomic E-state index is 0.320. The van der Waals surface area contributed by atoms with Gasteiger partial charge in [-0.15, -0.1) is 11.3 Å². The van der Waals surface area contributed by atoms with Crippen LogP contribution in [0.25, 0.3) is 21.2 Å². The summed E-state index contributed by atoms with van der Waals surface area (Å²) in [5.74, 6) is 0.133. The van der Waals surface area contributed by atoms with Gasteiger partial charge in [0.1, 0.15) is 0 Å². The van der Waals surface area contributed by atoms with Gasteiger partial charge in [-0.2, -0.15) is 0 Å². The van der Waals surface area contributed by atoms with E-state index in [1.165, 1.54) is 12.0 Å². The van der Waals surface area contributed by atoms with Crippen LogP contribution in [0.4, 0.5) is 5.69 Å². The maximum Gasteiger partial charge on any atom is 0.339 e. The van der Waals surface area contributed by atoms with Crippen molar-refractivity contribution in [3.8, 4) is 11.1 Å². The Morgan fingerprint density at radius 2 is 2.09 bits per heavy atom. The predicted molar refractivity (Wildman–Crippen MR) is 142 cm³/mol. The molecule has 0 saturated carbocycles. The van der Waals surface area contributed by atoms with Crippen molar-refractivity contribution in [1.29, 1.82) is 0 Å². The van der Waals surface area contributed by atoms with Gasteiger partial charge in [0.05, 0.1) is 24.0 Å². The highest BCUT2D eigenvalue weighted by Crippen LogP contribution is 2.41. The third kappa shape index (κ3) is 5.57. The highest BCUT2D eigenvalue weighted by molar-refractivity contribution is 7.19. The minimum atomic E-state index is -0.725. The number of thiophene rings is 1. The van der Waals surface area contributed by atoms with Gasteiger partial charge in [0.15, 0.2) is 0 Å². The number of hydrogen-bond donors (Lipinski definition) is 2. The van der Waals surface area contributed by atoms with Crippen LogP contribution >= 0.6 is 22.9 Å². The SMILES string of the molecule is COC(=O)c1cc(-c2c(C)sc3cc(Cl)ccc23)ccc1N1CCC[C@H](CNCC(C)(C)O)C1. The molecule has 1 saturated heterocycles. The number of rotatable bonds is 7. The molecule has 0 unspecified atom stereocenters. The zero-order chi connectivity index (χ0) is 24.5. The molecule has 1 aliphatic heterocycles. The van der Waals surface area contributed by atoms with E-state index in [1.54, 1.807) is 11.3 Å². The number of anilines is 1. The number of aliphatic hydroxyl groups is 1. The van der Waals surface area contributed by atoms with Gasteiger partial charge >= 0.3 is 5.97 Å². The Kier molecular flexibility index (Phi) is 7.53. The molecule has 2 N–H and O–H groups in total. The van der Waals surface area contributed by atoms with Crippen molar-refractivity contribution in [3.63, 3.8) is 0 Å². The first kappa shape index (κ1) is 25.0. The van der Waals surface area contributed by atoms with E-state index in [9.17, 15) is 9.90 Å². The van der Waals surface area contributed by atoms with Crippen molar-refractivity contribution < 1.29 is 14.6 Å². The number of methoxy groups -OCH3 is 1. The Hall–Kier alpha value is -2.12. The van der Waals surface area contributed by atoms with Gasteiger partial charge in [-0.05, 0) is 75.9 Å². The predicted octanol–water partition coefficient (Wildman–Crippen LogP) is 5.89. The van der Waals surface area contributed by atoms with E-state index in [-0.39, 0.29) is 5.97 Å². The largest absolute Gasteiger partial charge is 0.465 e. The maximum absolute atomic E-state index is 12.9. The lowest BCUT2D eigenvalue weighted by Crippen LogP contribution is -2.43. The second-order valence-electron chi connectivity index (χ2n) is 9.79. The van der Waals surface area contributed by atoms with E-state index in [4.69, 9.17) is 16.3 Å². The molecule has 2 heterocycles. The van der Waals surface area contributed by atoms with E-state index in [2.05, 4.69) is 35.3 Å². The summed E-state index contributed by atoms with van der Waals surface area (Å²) in [6.45, 7) is 8.90. The number of piperidine rings is 1. The Labute approximate surface area is 210 Å². The minimum Gasteiger partial charge on any atom is -0.465 e. The normalized spacial score (nSPS) is 16.8. The van der Waals surface area contributed by atoms with Crippen molar-refractivity contribution in [3.05, 3.63) is 51.9 Å². The topological polar surface area (TPSA) is 61.8 Å². The summed E-state index contributed by atoms with van der Waals surface area (Å²) in [5, 5.41) is 15.2. The third-order valence-electron chi connectivity index (χ3n) is 6.37. The molecular formula is C27H33ClN2O3S. The highest BCUT2D eigenvalue weighted by atomic mass is 35.5. The molecule has 0 aliphatic carbocycles. The second-order valence-corrected chi connectivity index (χ2v) is 11.5. The second kappa shape index (κ2) is 10.2. The number of halogens is 1. The number of esters is 1. The Morgan fingerprint density at radius 3 is 2.82 bits per heavy atom. The molecule has 182 valence electrons. The van der Waals surface area contributed by atoms with Gasteiger partial charge in [-0.25, -0.2) is 4.79 Å². The van der Waals surface area contributed by atoms with E-state index in [0.29, 0.717) is 18.0 Å².